The Morgan fingerprint density at radius 3 is 2.71 bits per heavy atom. The number of likely N-dealkylation sites (tertiary alicyclic amines) is 1. The third-order valence-electron chi connectivity index (χ3n) is 4.82. The topological polar surface area (TPSA) is 68.5 Å². The zero-order chi connectivity index (χ0) is 19.3. The van der Waals surface area contributed by atoms with Crippen LogP contribution in [-0.4, -0.2) is 40.4 Å². The van der Waals surface area contributed by atoms with Crippen LogP contribution < -0.4 is 4.74 Å². The van der Waals surface area contributed by atoms with Crippen molar-refractivity contribution >= 4 is 17.7 Å². The Morgan fingerprint density at radius 2 is 1.96 bits per heavy atom. The molecule has 144 valence electrons. The molecule has 1 aliphatic rings. The maximum absolute atomic E-state index is 12.8. The highest BCUT2D eigenvalue weighted by Gasteiger charge is 2.29. The van der Waals surface area contributed by atoms with Crippen molar-refractivity contribution in [1.82, 2.24) is 15.1 Å². The Kier molecular flexibility index (Phi) is 5.62. The van der Waals surface area contributed by atoms with Crippen LogP contribution in [-0.2, 0) is 4.79 Å². The predicted octanol–water partition coefficient (Wildman–Crippen LogP) is 4.20. The number of hydrogen-bond donors (Lipinski definition) is 0. The summed E-state index contributed by atoms with van der Waals surface area (Å²) in [5.41, 5.74) is 2.01. The van der Waals surface area contributed by atoms with E-state index in [0.29, 0.717) is 11.1 Å². The zero-order valence-electron chi connectivity index (χ0n) is 15.6. The second kappa shape index (κ2) is 8.48. The predicted molar refractivity (Wildman–Crippen MR) is 107 cm³/mol. The largest absolute Gasteiger partial charge is 0.497 e. The molecule has 2 heterocycles. The highest BCUT2D eigenvalue weighted by molar-refractivity contribution is 7.99. The summed E-state index contributed by atoms with van der Waals surface area (Å²) in [5.74, 6) is 1.58. The van der Waals surface area contributed by atoms with Crippen LogP contribution in [0.15, 0.2) is 64.2 Å². The van der Waals surface area contributed by atoms with E-state index in [1.807, 2.05) is 47.4 Å². The minimum atomic E-state index is 0.0977. The fourth-order valence-electron chi connectivity index (χ4n) is 3.41. The fourth-order valence-corrected chi connectivity index (χ4v) is 4.06. The van der Waals surface area contributed by atoms with Crippen LogP contribution in [0.3, 0.4) is 0 Å². The number of thioether (sulfide) groups is 1. The normalized spacial score (nSPS) is 16.3. The van der Waals surface area contributed by atoms with Gasteiger partial charge in [0.25, 0.3) is 5.22 Å². The molecule has 2 aromatic carbocycles. The van der Waals surface area contributed by atoms with Gasteiger partial charge < -0.3 is 14.1 Å². The van der Waals surface area contributed by atoms with Crippen molar-refractivity contribution < 1.29 is 13.9 Å². The molecular formula is C21H21N3O3S. The number of aromatic nitrogens is 2. The molecule has 0 saturated carbocycles. The lowest BCUT2D eigenvalue weighted by Gasteiger charge is -2.24. The molecule has 0 bridgehead atoms. The number of benzene rings is 2. The van der Waals surface area contributed by atoms with Crippen LogP contribution in [0.4, 0.5) is 0 Å². The lowest BCUT2D eigenvalue weighted by atomic mass is 10.0. The van der Waals surface area contributed by atoms with Gasteiger partial charge in [-0.2, -0.15) is 0 Å². The van der Waals surface area contributed by atoms with Gasteiger partial charge in [-0.25, -0.2) is 0 Å². The smallest absolute Gasteiger partial charge is 0.277 e. The van der Waals surface area contributed by atoms with Crippen molar-refractivity contribution in [2.45, 2.75) is 24.1 Å². The maximum atomic E-state index is 12.8. The van der Waals surface area contributed by atoms with E-state index in [2.05, 4.69) is 22.3 Å². The molecule has 1 atom stereocenters. The van der Waals surface area contributed by atoms with E-state index in [0.717, 1.165) is 30.7 Å². The first-order valence-corrected chi connectivity index (χ1v) is 10.2. The molecule has 0 spiro atoms. The number of carbonyl (C=O) groups is 1. The Morgan fingerprint density at radius 1 is 1.18 bits per heavy atom. The van der Waals surface area contributed by atoms with Crippen molar-refractivity contribution in [3.63, 3.8) is 0 Å². The number of nitrogens with zero attached hydrogens (tertiary/aromatic N) is 3. The first-order valence-electron chi connectivity index (χ1n) is 9.20. The van der Waals surface area contributed by atoms with E-state index >= 15 is 0 Å². The molecule has 1 aromatic heterocycles. The number of carbonyl (C=O) groups excluding carboxylic acids is 1. The van der Waals surface area contributed by atoms with Gasteiger partial charge in [0.05, 0.1) is 18.9 Å². The van der Waals surface area contributed by atoms with Crippen LogP contribution in [0.5, 0.6) is 5.75 Å². The summed E-state index contributed by atoms with van der Waals surface area (Å²) in [4.78, 5) is 14.7. The number of rotatable bonds is 6. The Balaban J connectivity index is 1.38. The van der Waals surface area contributed by atoms with Crippen molar-refractivity contribution in [2.75, 3.05) is 19.4 Å². The minimum Gasteiger partial charge on any atom is -0.497 e. The molecule has 0 N–H and O–H groups in total. The summed E-state index contributed by atoms with van der Waals surface area (Å²) in [5, 5.41) is 8.53. The van der Waals surface area contributed by atoms with Crippen LogP contribution in [0.2, 0.25) is 0 Å². The summed E-state index contributed by atoms with van der Waals surface area (Å²) in [6.45, 7) is 0.792. The van der Waals surface area contributed by atoms with Gasteiger partial charge in [0, 0.05) is 12.1 Å². The number of ether oxygens (including phenoxy) is 1. The number of hydrogen-bond acceptors (Lipinski definition) is 6. The molecule has 4 rings (SSSR count). The monoisotopic (exact) mass is 395 g/mol. The molecular weight excluding hydrogens is 374 g/mol. The van der Waals surface area contributed by atoms with Gasteiger partial charge in [-0.3, -0.25) is 4.79 Å². The van der Waals surface area contributed by atoms with Gasteiger partial charge in [-0.1, -0.05) is 42.1 Å². The van der Waals surface area contributed by atoms with Crippen molar-refractivity contribution in [3.8, 4) is 17.2 Å². The second-order valence-corrected chi connectivity index (χ2v) is 7.47. The SMILES string of the molecule is COc1ccc(-c2nnc(SCC(=O)N3CCCC3c3ccccc3)o2)cc1. The standard InChI is InChI=1S/C21H21N3O3S/c1-26-17-11-9-16(10-12-17)20-22-23-21(27-20)28-14-19(25)24-13-5-8-18(24)15-6-3-2-4-7-15/h2-4,6-7,9-12,18H,5,8,13-14H2,1H3. The van der Waals surface area contributed by atoms with Crippen LogP contribution >= 0.6 is 11.8 Å². The lowest BCUT2D eigenvalue weighted by Crippen LogP contribution is -2.31. The fraction of sp³-hybridized carbons (Fsp3) is 0.286. The van der Waals surface area contributed by atoms with Crippen molar-refractivity contribution in [1.29, 1.82) is 0 Å². The summed E-state index contributed by atoms with van der Waals surface area (Å²) in [7, 11) is 1.62. The molecule has 0 aliphatic carbocycles. The van der Waals surface area contributed by atoms with Gasteiger partial charge in [0.2, 0.25) is 11.8 Å². The number of methoxy groups -OCH3 is 1. The van der Waals surface area contributed by atoms with Gasteiger partial charge >= 0.3 is 0 Å². The summed E-state index contributed by atoms with van der Waals surface area (Å²) < 4.78 is 10.8. The van der Waals surface area contributed by atoms with Crippen LogP contribution in [0.1, 0.15) is 24.4 Å². The molecule has 7 heteroatoms. The van der Waals surface area contributed by atoms with Gasteiger partial charge in [0.15, 0.2) is 0 Å². The summed E-state index contributed by atoms with van der Waals surface area (Å²) >= 11 is 1.28. The van der Waals surface area contributed by atoms with E-state index in [9.17, 15) is 4.79 Å². The average molecular weight is 395 g/mol. The molecule has 1 unspecified atom stereocenters. The van der Waals surface area contributed by atoms with Crippen LogP contribution in [0, 0.1) is 0 Å². The molecule has 1 fully saturated rings. The van der Waals surface area contributed by atoms with E-state index < -0.39 is 0 Å². The summed E-state index contributed by atoms with van der Waals surface area (Å²) in [6.07, 6.45) is 2.03. The average Bonchev–Trinajstić information content (AvgIpc) is 3.43. The third kappa shape index (κ3) is 4.04. The van der Waals surface area contributed by atoms with E-state index in [1.165, 1.54) is 17.3 Å². The molecule has 28 heavy (non-hydrogen) atoms. The van der Waals surface area contributed by atoms with E-state index in [1.54, 1.807) is 7.11 Å². The van der Waals surface area contributed by atoms with Crippen molar-refractivity contribution in [2.24, 2.45) is 0 Å². The molecule has 3 aromatic rings. The van der Waals surface area contributed by atoms with E-state index in [-0.39, 0.29) is 17.7 Å². The minimum absolute atomic E-state index is 0.0977. The first kappa shape index (κ1) is 18.6. The molecule has 6 nitrogen and oxygen atoms in total. The van der Waals surface area contributed by atoms with Gasteiger partial charge in [-0.05, 0) is 42.7 Å². The zero-order valence-corrected chi connectivity index (χ0v) is 16.4. The molecule has 0 radical (unpaired) electrons. The summed E-state index contributed by atoms with van der Waals surface area (Å²) in [6, 6.07) is 17.8. The highest BCUT2D eigenvalue weighted by atomic mass is 32.2. The number of amides is 1. The second-order valence-electron chi connectivity index (χ2n) is 6.55. The lowest BCUT2D eigenvalue weighted by molar-refractivity contribution is -0.129. The Labute approximate surface area is 167 Å². The Hall–Kier alpha value is -2.80. The molecule has 1 amide bonds. The Bertz CT molecular complexity index is 928. The quantitative estimate of drug-likeness (QED) is 0.583. The van der Waals surface area contributed by atoms with Gasteiger partial charge in [0.1, 0.15) is 5.75 Å². The van der Waals surface area contributed by atoms with Crippen molar-refractivity contribution in [3.05, 3.63) is 60.2 Å². The first-order chi connectivity index (χ1) is 13.7. The van der Waals surface area contributed by atoms with E-state index in [4.69, 9.17) is 9.15 Å². The van der Waals surface area contributed by atoms with Gasteiger partial charge in [-0.15, -0.1) is 10.2 Å². The highest BCUT2D eigenvalue weighted by Crippen LogP contribution is 2.33. The van der Waals surface area contributed by atoms with Crippen LogP contribution in [0.25, 0.3) is 11.5 Å². The molecule has 1 aliphatic heterocycles. The third-order valence-corrected chi connectivity index (χ3v) is 5.62. The maximum Gasteiger partial charge on any atom is 0.277 e. The molecule has 1 saturated heterocycles.